The van der Waals surface area contributed by atoms with Crippen LogP contribution in [0.1, 0.15) is 16.1 Å². The lowest BCUT2D eigenvalue weighted by atomic mass is 10.2. The monoisotopic (exact) mass is 635 g/mol. The first-order valence-electron chi connectivity index (χ1n) is 8.09. The lowest BCUT2D eigenvalue weighted by Crippen LogP contribution is -2.16. The molecular weight excluding hydrogens is 624 g/mol. The van der Waals surface area contributed by atoms with E-state index < -0.39 is 23.4 Å². The Hall–Kier alpha value is -2.75. The Balaban J connectivity index is 1.70. The van der Waals surface area contributed by atoms with Crippen molar-refractivity contribution in [2.24, 2.45) is 5.10 Å². The summed E-state index contributed by atoms with van der Waals surface area (Å²) in [5.74, 6) is -1.27. The van der Waals surface area contributed by atoms with E-state index in [9.17, 15) is 19.7 Å². The molecule has 0 unspecified atom stereocenters. The number of amides is 1. The third kappa shape index (κ3) is 5.24. The zero-order valence-corrected chi connectivity index (χ0v) is 19.1. The number of non-ortho nitro benzene ring substituents is 1. The average molecular weight is 635 g/mol. The summed E-state index contributed by atoms with van der Waals surface area (Å²) in [7, 11) is 0. The number of ether oxygens (including phenoxy) is 1. The van der Waals surface area contributed by atoms with Crippen molar-refractivity contribution in [1.29, 1.82) is 0 Å². The molecule has 154 valence electrons. The van der Waals surface area contributed by atoms with Crippen molar-refractivity contribution in [3.05, 3.63) is 65.0 Å². The molecule has 0 atom stereocenters. The van der Waals surface area contributed by atoms with Crippen molar-refractivity contribution in [2.45, 2.75) is 0 Å². The summed E-state index contributed by atoms with van der Waals surface area (Å²) in [5, 5.41) is 23.9. The van der Waals surface area contributed by atoms with E-state index in [0.717, 1.165) is 0 Å². The Kier molecular flexibility index (Phi) is 6.86. The molecular formula is C18H11I2N3O7. The molecule has 0 spiro atoms. The number of benzene rings is 2. The molecule has 1 amide bonds. The number of rotatable bonds is 7. The first-order valence-corrected chi connectivity index (χ1v) is 10.3. The molecule has 0 radical (unpaired) electrons. The Bertz CT molecular complexity index is 1170. The number of halogens is 2. The predicted octanol–water partition coefficient (Wildman–Crippen LogP) is 3.78. The van der Waals surface area contributed by atoms with Crippen LogP contribution in [0.4, 0.5) is 5.69 Å². The van der Waals surface area contributed by atoms with Crippen molar-refractivity contribution in [3.8, 4) is 5.75 Å². The van der Waals surface area contributed by atoms with Gasteiger partial charge in [-0.05, 0) is 75.0 Å². The minimum Gasteiger partial charge on any atom is -0.480 e. The van der Waals surface area contributed by atoms with Gasteiger partial charge in [-0.15, -0.1) is 0 Å². The van der Waals surface area contributed by atoms with Gasteiger partial charge in [0.1, 0.15) is 11.3 Å². The van der Waals surface area contributed by atoms with Crippen molar-refractivity contribution in [1.82, 2.24) is 5.43 Å². The number of nitro groups is 1. The van der Waals surface area contributed by atoms with Crippen LogP contribution in [-0.4, -0.2) is 34.7 Å². The number of nitrogens with one attached hydrogen (secondary N) is 1. The highest BCUT2D eigenvalue weighted by atomic mass is 127. The average Bonchev–Trinajstić information content (AvgIpc) is 3.10. The number of hydrogen-bond acceptors (Lipinski definition) is 7. The summed E-state index contributed by atoms with van der Waals surface area (Å²) < 4.78 is 12.0. The van der Waals surface area contributed by atoms with Gasteiger partial charge in [-0.3, -0.25) is 14.9 Å². The van der Waals surface area contributed by atoms with Crippen molar-refractivity contribution >= 4 is 79.9 Å². The molecule has 1 heterocycles. The second-order valence-electron chi connectivity index (χ2n) is 5.79. The molecule has 0 aliphatic rings. The van der Waals surface area contributed by atoms with Gasteiger partial charge in [0.15, 0.2) is 12.4 Å². The molecule has 0 bridgehead atoms. The fourth-order valence-electron chi connectivity index (χ4n) is 2.40. The van der Waals surface area contributed by atoms with Crippen LogP contribution in [0, 0.1) is 17.3 Å². The van der Waals surface area contributed by atoms with Crippen LogP contribution in [-0.2, 0) is 4.79 Å². The number of nitrogens with zero attached hydrogens (tertiary/aromatic N) is 2. The van der Waals surface area contributed by atoms with Crippen molar-refractivity contribution in [3.63, 3.8) is 0 Å². The van der Waals surface area contributed by atoms with Crippen LogP contribution in [0.5, 0.6) is 5.75 Å². The highest BCUT2D eigenvalue weighted by molar-refractivity contribution is 14.1. The Labute approximate surface area is 195 Å². The number of carbonyl (C=O) groups is 2. The molecule has 2 aromatic carbocycles. The molecule has 0 aliphatic heterocycles. The minimum atomic E-state index is -1.07. The maximum atomic E-state index is 12.2. The Morgan fingerprint density at radius 1 is 1.23 bits per heavy atom. The molecule has 1 aromatic heterocycles. The molecule has 10 nitrogen and oxygen atoms in total. The van der Waals surface area contributed by atoms with Gasteiger partial charge in [-0.2, -0.15) is 5.10 Å². The van der Waals surface area contributed by atoms with Gasteiger partial charge in [-0.1, -0.05) is 0 Å². The van der Waals surface area contributed by atoms with Gasteiger partial charge in [0.2, 0.25) is 0 Å². The molecule has 30 heavy (non-hydrogen) atoms. The molecule has 0 aliphatic carbocycles. The summed E-state index contributed by atoms with van der Waals surface area (Å²) >= 11 is 4.03. The van der Waals surface area contributed by atoms with E-state index in [-0.39, 0.29) is 11.4 Å². The van der Waals surface area contributed by atoms with Crippen LogP contribution in [0.2, 0.25) is 0 Å². The van der Waals surface area contributed by atoms with Crippen LogP contribution < -0.4 is 10.2 Å². The predicted molar refractivity (Wildman–Crippen MR) is 123 cm³/mol. The summed E-state index contributed by atoms with van der Waals surface area (Å²) in [6.45, 7) is -0.448. The first kappa shape index (κ1) is 21.9. The number of furan rings is 1. The fourth-order valence-corrected chi connectivity index (χ4v) is 4.53. The van der Waals surface area contributed by atoms with Crippen LogP contribution in [0.3, 0.4) is 0 Å². The van der Waals surface area contributed by atoms with Gasteiger partial charge >= 0.3 is 11.9 Å². The summed E-state index contributed by atoms with van der Waals surface area (Å²) in [6.07, 6.45) is 1.41. The molecule has 0 saturated carbocycles. The van der Waals surface area contributed by atoms with Gasteiger partial charge in [0.05, 0.1) is 18.3 Å². The Morgan fingerprint density at radius 2 is 1.93 bits per heavy atom. The fraction of sp³-hybridized carbons (Fsp3) is 0.0556. The molecule has 12 heteroatoms. The maximum Gasteiger partial charge on any atom is 0.341 e. The normalized spacial score (nSPS) is 11.0. The van der Waals surface area contributed by atoms with E-state index in [2.05, 4.69) is 10.5 Å². The van der Waals surface area contributed by atoms with Crippen molar-refractivity contribution < 1.29 is 28.8 Å². The number of nitro benzene ring substituents is 1. The van der Waals surface area contributed by atoms with E-state index in [1.54, 1.807) is 12.1 Å². The third-order valence-electron chi connectivity index (χ3n) is 3.67. The van der Waals surface area contributed by atoms with Crippen LogP contribution >= 0.6 is 45.2 Å². The van der Waals surface area contributed by atoms with Crippen LogP contribution in [0.25, 0.3) is 11.0 Å². The number of hydrazone groups is 1. The number of carbonyl (C=O) groups excluding carboxylic acids is 1. The van der Waals surface area contributed by atoms with E-state index >= 15 is 0 Å². The maximum absolute atomic E-state index is 12.2. The van der Waals surface area contributed by atoms with Gasteiger partial charge in [-0.25, -0.2) is 10.2 Å². The van der Waals surface area contributed by atoms with Gasteiger partial charge in [0, 0.05) is 17.5 Å². The molecule has 2 N–H and O–H groups in total. The van der Waals surface area contributed by atoms with Gasteiger partial charge < -0.3 is 14.3 Å². The number of carboxylic acid groups (broad SMARTS) is 1. The summed E-state index contributed by atoms with van der Waals surface area (Å²) in [5.41, 5.74) is 3.23. The number of hydrogen-bond donors (Lipinski definition) is 2. The first-order chi connectivity index (χ1) is 14.2. The number of carboxylic acids is 1. The summed E-state index contributed by atoms with van der Waals surface area (Å²) in [6, 6.07) is 8.86. The standard InChI is InChI=1S/C18H11I2N3O7/c19-12-3-9(4-13(20)17(12)29-8-16(24)25)7-21-22-18(26)15-6-10-5-11(23(27)28)1-2-14(10)30-15/h1-7H,8H2,(H,22,26)(H,24,25)/b21-7-. The van der Waals surface area contributed by atoms with E-state index in [0.29, 0.717) is 29.4 Å². The van der Waals surface area contributed by atoms with E-state index in [1.807, 2.05) is 45.2 Å². The lowest BCUT2D eigenvalue weighted by Gasteiger charge is -2.09. The molecule has 3 rings (SSSR count). The van der Waals surface area contributed by atoms with E-state index in [1.165, 1.54) is 30.5 Å². The minimum absolute atomic E-state index is 0.0378. The SMILES string of the molecule is O=C(O)COc1c(I)cc(/C=N\NC(=O)c2cc3cc([N+](=O)[O-])ccc3o2)cc1I. The smallest absolute Gasteiger partial charge is 0.341 e. The quantitative estimate of drug-likeness (QED) is 0.174. The summed E-state index contributed by atoms with van der Waals surface area (Å²) in [4.78, 5) is 33.2. The van der Waals surface area contributed by atoms with Crippen molar-refractivity contribution in [2.75, 3.05) is 6.61 Å². The topological polar surface area (TPSA) is 144 Å². The molecule has 0 saturated heterocycles. The number of aliphatic carboxylic acids is 1. The van der Waals surface area contributed by atoms with Gasteiger partial charge in [0.25, 0.3) is 5.69 Å². The second-order valence-corrected chi connectivity index (χ2v) is 8.11. The van der Waals surface area contributed by atoms with E-state index in [4.69, 9.17) is 14.3 Å². The third-order valence-corrected chi connectivity index (χ3v) is 5.28. The molecule has 3 aromatic rings. The highest BCUT2D eigenvalue weighted by Crippen LogP contribution is 2.28. The van der Waals surface area contributed by atoms with Crippen LogP contribution in [0.15, 0.2) is 45.9 Å². The zero-order chi connectivity index (χ0) is 21.8. The highest BCUT2D eigenvalue weighted by Gasteiger charge is 2.15. The Morgan fingerprint density at radius 3 is 2.57 bits per heavy atom. The number of fused-ring (bicyclic) bond motifs is 1. The largest absolute Gasteiger partial charge is 0.480 e. The second kappa shape index (κ2) is 9.38. The lowest BCUT2D eigenvalue weighted by molar-refractivity contribution is -0.384. The molecule has 0 fully saturated rings. The zero-order valence-electron chi connectivity index (χ0n) is 14.8.